The van der Waals surface area contributed by atoms with Crippen LogP contribution in [0, 0.1) is 0 Å². The zero-order chi connectivity index (χ0) is 27.8. The molecule has 3 aromatic rings. The number of anilines is 1. The molecular formula is C26H32F3N7O3. The second-order valence-electron chi connectivity index (χ2n) is 10.8. The predicted molar refractivity (Wildman–Crippen MR) is 138 cm³/mol. The number of alkyl halides is 3. The maximum atomic E-state index is 14.0. The van der Waals surface area contributed by atoms with Gasteiger partial charge in [0.25, 0.3) is 0 Å². The summed E-state index contributed by atoms with van der Waals surface area (Å²) >= 11 is 0. The third kappa shape index (κ3) is 6.25. The van der Waals surface area contributed by atoms with Crippen molar-refractivity contribution < 1.29 is 27.4 Å². The van der Waals surface area contributed by atoms with Crippen LogP contribution in [0.15, 0.2) is 24.5 Å². The summed E-state index contributed by atoms with van der Waals surface area (Å²) in [6, 6.07) is 3.25. The number of likely N-dealkylation sites (tertiary alicyclic amines) is 1. The molecule has 0 spiro atoms. The average molecular weight is 548 g/mol. The molecule has 13 heteroatoms. The maximum Gasteiger partial charge on any atom is 0.419 e. The van der Waals surface area contributed by atoms with Crippen molar-refractivity contribution in [2.45, 2.75) is 57.5 Å². The van der Waals surface area contributed by atoms with E-state index in [9.17, 15) is 18.0 Å². The Hall–Kier alpha value is -3.45. The molecule has 0 saturated carbocycles. The van der Waals surface area contributed by atoms with Gasteiger partial charge in [-0.25, -0.2) is 19.7 Å². The molecule has 1 amide bonds. The number of ether oxygens (including phenoxy) is 2. The van der Waals surface area contributed by atoms with Crippen LogP contribution in [0.5, 0.6) is 0 Å². The van der Waals surface area contributed by atoms with Crippen LogP contribution in [0.25, 0.3) is 22.3 Å². The minimum absolute atomic E-state index is 0.0506. The maximum absolute atomic E-state index is 14.0. The summed E-state index contributed by atoms with van der Waals surface area (Å²) in [5.74, 6) is 0.0506. The lowest BCUT2D eigenvalue weighted by atomic mass is 10.1. The van der Waals surface area contributed by atoms with Crippen molar-refractivity contribution in [1.82, 2.24) is 30.2 Å². The van der Waals surface area contributed by atoms with E-state index in [2.05, 4.69) is 30.6 Å². The molecule has 2 aliphatic heterocycles. The number of fused-ring (bicyclic) bond motifs is 1. The molecule has 0 aromatic carbocycles. The largest absolute Gasteiger partial charge is 0.444 e. The first-order chi connectivity index (χ1) is 18.5. The Morgan fingerprint density at radius 2 is 2.05 bits per heavy atom. The Morgan fingerprint density at radius 3 is 2.77 bits per heavy atom. The lowest BCUT2D eigenvalue weighted by molar-refractivity contribution is -0.137. The van der Waals surface area contributed by atoms with E-state index in [4.69, 9.17) is 9.47 Å². The van der Waals surface area contributed by atoms with E-state index in [0.717, 1.165) is 12.7 Å². The van der Waals surface area contributed by atoms with E-state index >= 15 is 0 Å². The molecule has 2 fully saturated rings. The lowest BCUT2D eigenvalue weighted by Gasteiger charge is -2.34. The van der Waals surface area contributed by atoms with Crippen LogP contribution in [0.2, 0.25) is 0 Å². The van der Waals surface area contributed by atoms with Crippen molar-refractivity contribution in [3.05, 3.63) is 35.8 Å². The number of hydrogen-bond acceptors (Lipinski definition) is 8. The Labute approximate surface area is 223 Å². The summed E-state index contributed by atoms with van der Waals surface area (Å²) < 4.78 is 53.2. The van der Waals surface area contributed by atoms with Crippen molar-refractivity contribution in [1.29, 1.82) is 0 Å². The number of nitrogens with one attached hydrogen (secondary N) is 3. The first-order valence-electron chi connectivity index (χ1n) is 13.0. The van der Waals surface area contributed by atoms with Crippen LogP contribution < -0.4 is 10.6 Å². The van der Waals surface area contributed by atoms with Gasteiger partial charge in [-0.05, 0) is 45.7 Å². The fraction of sp³-hybridized carbons (Fsp3) is 0.538. The highest BCUT2D eigenvalue weighted by Gasteiger charge is 2.36. The number of aromatic amines is 1. The number of morpholine rings is 1. The van der Waals surface area contributed by atoms with Crippen LogP contribution in [0.3, 0.4) is 0 Å². The Balaban J connectivity index is 1.41. The van der Waals surface area contributed by atoms with Gasteiger partial charge in [0.2, 0.25) is 5.95 Å². The van der Waals surface area contributed by atoms with Crippen molar-refractivity contribution in [3.8, 4) is 11.3 Å². The number of rotatable bonds is 4. The lowest BCUT2D eigenvalue weighted by Crippen LogP contribution is -2.47. The fourth-order valence-corrected chi connectivity index (χ4v) is 4.78. The Bertz CT molecular complexity index is 1330. The van der Waals surface area contributed by atoms with E-state index in [1.807, 2.05) is 0 Å². The summed E-state index contributed by atoms with van der Waals surface area (Å²) in [5, 5.41) is 6.87. The topological polar surface area (TPSA) is 117 Å². The third-order valence-electron chi connectivity index (χ3n) is 6.57. The van der Waals surface area contributed by atoms with E-state index in [-0.39, 0.29) is 29.4 Å². The summed E-state index contributed by atoms with van der Waals surface area (Å²) in [6.45, 7) is 8.18. The van der Waals surface area contributed by atoms with Gasteiger partial charge in [0.05, 0.1) is 18.0 Å². The van der Waals surface area contributed by atoms with E-state index in [0.29, 0.717) is 55.8 Å². The van der Waals surface area contributed by atoms with Crippen LogP contribution in [-0.2, 0) is 15.7 Å². The fourth-order valence-electron chi connectivity index (χ4n) is 4.78. The number of hydrogen-bond donors (Lipinski definition) is 3. The molecule has 39 heavy (non-hydrogen) atoms. The van der Waals surface area contributed by atoms with Gasteiger partial charge in [-0.15, -0.1) is 0 Å². The molecule has 10 nitrogen and oxygen atoms in total. The number of amides is 1. The van der Waals surface area contributed by atoms with Gasteiger partial charge in [-0.1, -0.05) is 0 Å². The summed E-state index contributed by atoms with van der Waals surface area (Å²) in [6.07, 6.45) is -1.63. The summed E-state index contributed by atoms with van der Waals surface area (Å²) in [4.78, 5) is 30.0. The van der Waals surface area contributed by atoms with E-state index in [1.54, 1.807) is 37.8 Å². The van der Waals surface area contributed by atoms with Gasteiger partial charge < -0.3 is 30.0 Å². The normalized spacial score (nSPS) is 20.7. The molecule has 0 aliphatic carbocycles. The van der Waals surface area contributed by atoms with Gasteiger partial charge in [-0.2, -0.15) is 13.2 Å². The molecule has 0 radical (unpaired) electrons. The van der Waals surface area contributed by atoms with Crippen LogP contribution in [0.4, 0.5) is 23.9 Å². The number of carbonyl (C=O) groups excluding carboxylic acids is 1. The zero-order valence-corrected chi connectivity index (χ0v) is 22.1. The second-order valence-corrected chi connectivity index (χ2v) is 10.8. The standard InChI is InChI=1S/C26H32F3N7O3/c1-25(2,3)39-24(37)36-9-4-5-15(14-36)33-23-32-12-18(26(27,28)29)21(35-23)17-11-31-22-16(17)6-7-19(34-22)20-13-30-8-10-38-20/h6-7,11-12,15,20,30H,4-5,8-10,13-14H2,1-3H3,(H,31,34)(H,32,33,35)/t15-,20?/m0/s1. The van der Waals surface area contributed by atoms with Gasteiger partial charge in [0.1, 0.15) is 22.9 Å². The monoisotopic (exact) mass is 547 g/mol. The van der Waals surface area contributed by atoms with Crippen molar-refractivity contribution in [2.75, 3.05) is 38.1 Å². The van der Waals surface area contributed by atoms with Gasteiger partial charge in [0.15, 0.2) is 0 Å². The van der Waals surface area contributed by atoms with Gasteiger partial charge in [0, 0.05) is 55.6 Å². The number of halogens is 3. The molecule has 3 N–H and O–H groups in total. The molecule has 5 rings (SSSR count). The minimum Gasteiger partial charge on any atom is -0.444 e. The first-order valence-corrected chi connectivity index (χ1v) is 13.0. The highest BCUT2D eigenvalue weighted by molar-refractivity contribution is 5.93. The molecule has 0 bridgehead atoms. The Kier molecular flexibility index (Phi) is 7.38. The summed E-state index contributed by atoms with van der Waals surface area (Å²) in [7, 11) is 0. The number of piperidine rings is 1. The molecule has 3 aromatic heterocycles. The smallest absolute Gasteiger partial charge is 0.419 e. The molecule has 210 valence electrons. The molecule has 5 heterocycles. The zero-order valence-electron chi connectivity index (χ0n) is 22.1. The number of aromatic nitrogens is 4. The highest BCUT2D eigenvalue weighted by atomic mass is 19.4. The average Bonchev–Trinajstić information content (AvgIpc) is 3.31. The van der Waals surface area contributed by atoms with Crippen LogP contribution >= 0.6 is 0 Å². The number of nitrogens with zero attached hydrogens (tertiary/aromatic N) is 4. The van der Waals surface area contributed by atoms with Crippen molar-refractivity contribution >= 4 is 23.1 Å². The Morgan fingerprint density at radius 1 is 1.23 bits per heavy atom. The molecule has 2 saturated heterocycles. The van der Waals surface area contributed by atoms with Gasteiger partial charge in [-0.3, -0.25) is 0 Å². The molecule has 1 unspecified atom stereocenters. The molecule has 2 atom stereocenters. The van der Waals surface area contributed by atoms with Crippen molar-refractivity contribution in [2.24, 2.45) is 0 Å². The SMILES string of the molecule is CC(C)(C)OC(=O)N1CCC[C@H](Nc2ncc(C(F)(F)F)c(-c3c[nH]c4nc(C5CNCCO5)ccc34)n2)C1. The third-order valence-corrected chi connectivity index (χ3v) is 6.57. The highest BCUT2D eigenvalue weighted by Crippen LogP contribution is 2.39. The first kappa shape index (κ1) is 27.1. The molecular weight excluding hydrogens is 515 g/mol. The number of pyridine rings is 1. The van der Waals surface area contributed by atoms with E-state index in [1.165, 1.54) is 6.20 Å². The van der Waals surface area contributed by atoms with E-state index < -0.39 is 23.4 Å². The molecule has 2 aliphatic rings. The second kappa shape index (κ2) is 10.6. The van der Waals surface area contributed by atoms with Gasteiger partial charge >= 0.3 is 12.3 Å². The van der Waals surface area contributed by atoms with Crippen molar-refractivity contribution in [3.63, 3.8) is 0 Å². The number of carbonyl (C=O) groups is 1. The number of H-pyrrole nitrogens is 1. The minimum atomic E-state index is -4.66. The summed E-state index contributed by atoms with van der Waals surface area (Å²) in [5.41, 5.74) is -0.427. The predicted octanol–water partition coefficient (Wildman–Crippen LogP) is 4.51. The van der Waals surface area contributed by atoms with Crippen LogP contribution in [0.1, 0.15) is 51.0 Å². The van der Waals surface area contributed by atoms with Crippen LogP contribution in [-0.4, -0.2) is 75.4 Å². The quantitative estimate of drug-likeness (QED) is 0.437.